The summed E-state index contributed by atoms with van der Waals surface area (Å²) in [6.07, 6.45) is 1.35. The molecule has 1 aromatic rings. The van der Waals surface area contributed by atoms with Crippen molar-refractivity contribution in [3.63, 3.8) is 0 Å². The van der Waals surface area contributed by atoms with Crippen LogP contribution in [0.25, 0.3) is 0 Å². The predicted octanol–water partition coefficient (Wildman–Crippen LogP) is 0.698. The lowest BCUT2D eigenvalue weighted by molar-refractivity contribution is 0.511. The van der Waals surface area contributed by atoms with E-state index in [4.69, 9.17) is 0 Å². The van der Waals surface area contributed by atoms with E-state index in [1.165, 1.54) is 12.3 Å². The van der Waals surface area contributed by atoms with Crippen molar-refractivity contribution in [2.24, 2.45) is 0 Å². The van der Waals surface area contributed by atoms with E-state index in [9.17, 15) is 4.79 Å². The van der Waals surface area contributed by atoms with Crippen LogP contribution in [0.15, 0.2) is 33.7 Å². The highest BCUT2D eigenvalue weighted by Gasteiger charge is 1.72. The molecule has 0 aliphatic heterocycles. The molecule has 0 saturated heterocycles. The fourth-order valence-electron chi connectivity index (χ4n) is 0.325. The molecule has 1 rings (SSSR count). The molecule has 0 bridgehead atoms. The van der Waals surface area contributed by atoms with Crippen LogP contribution in [0, 0.1) is 0 Å². The fourth-order valence-corrected chi connectivity index (χ4v) is 0.325. The SMILES string of the molecule is O=c1cccco1.P. The van der Waals surface area contributed by atoms with Crippen molar-refractivity contribution < 1.29 is 4.42 Å². The molecule has 1 heterocycles. The topological polar surface area (TPSA) is 30.2 Å². The van der Waals surface area contributed by atoms with Gasteiger partial charge in [-0.05, 0) is 6.07 Å². The van der Waals surface area contributed by atoms with Crippen molar-refractivity contribution >= 4 is 9.90 Å². The van der Waals surface area contributed by atoms with E-state index in [1.807, 2.05) is 0 Å². The first-order valence-electron chi connectivity index (χ1n) is 1.93. The Kier molecular flexibility index (Phi) is 3.13. The van der Waals surface area contributed by atoms with Gasteiger partial charge in [0.1, 0.15) is 0 Å². The van der Waals surface area contributed by atoms with Crippen molar-refractivity contribution in [3.8, 4) is 0 Å². The molecule has 0 N–H and O–H groups in total. The number of hydrogen-bond donors (Lipinski definition) is 0. The van der Waals surface area contributed by atoms with Gasteiger partial charge in [0.25, 0.3) is 0 Å². The largest absolute Gasteiger partial charge is 0.431 e. The minimum Gasteiger partial charge on any atom is -0.431 e. The Hall–Kier alpha value is -0.620. The first-order valence-corrected chi connectivity index (χ1v) is 1.93. The van der Waals surface area contributed by atoms with Crippen LogP contribution in [0.4, 0.5) is 0 Å². The standard InChI is InChI=1S/C5H4O2.H3P/c6-5-3-1-2-4-7-5;/h1-4H;1H3. The van der Waals surface area contributed by atoms with Crippen molar-refractivity contribution in [1.29, 1.82) is 0 Å². The molecule has 0 radical (unpaired) electrons. The molecule has 8 heavy (non-hydrogen) atoms. The van der Waals surface area contributed by atoms with Gasteiger partial charge in [-0.3, -0.25) is 0 Å². The summed E-state index contributed by atoms with van der Waals surface area (Å²) in [5.74, 6) is 0. The number of hydrogen-bond acceptors (Lipinski definition) is 2. The van der Waals surface area contributed by atoms with Crippen LogP contribution in [0.5, 0.6) is 0 Å². The Balaban J connectivity index is 0.000000490. The molecule has 0 amide bonds. The van der Waals surface area contributed by atoms with Crippen molar-refractivity contribution in [2.75, 3.05) is 0 Å². The van der Waals surface area contributed by atoms with E-state index in [0.29, 0.717) is 0 Å². The average molecular weight is 130 g/mol. The minimum atomic E-state index is -0.303. The third-order valence-corrected chi connectivity index (χ3v) is 0.606. The van der Waals surface area contributed by atoms with Crippen molar-refractivity contribution in [3.05, 3.63) is 34.9 Å². The third kappa shape index (κ3) is 1.90. The van der Waals surface area contributed by atoms with Crippen LogP contribution < -0.4 is 5.63 Å². The molecule has 0 spiro atoms. The van der Waals surface area contributed by atoms with Gasteiger partial charge >= 0.3 is 5.63 Å². The first kappa shape index (κ1) is 7.38. The number of rotatable bonds is 0. The maximum atomic E-state index is 10.1. The molecule has 1 atom stereocenters. The van der Waals surface area contributed by atoms with Gasteiger partial charge in [0.2, 0.25) is 0 Å². The maximum Gasteiger partial charge on any atom is 0.335 e. The lowest BCUT2D eigenvalue weighted by Crippen LogP contribution is -1.90. The monoisotopic (exact) mass is 130 g/mol. The lowest BCUT2D eigenvalue weighted by atomic mass is 10.5. The van der Waals surface area contributed by atoms with Crippen LogP contribution in [0.2, 0.25) is 0 Å². The zero-order valence-electron chi connectivity index (χ0n) is 4.33. The summed E-state index contributed by atoms with van der Waals surface area (Å²) in [6, 6.07) is 4.65. The van der Waals surface area contributed by atoms with Gasteiger partial charge < -0.3 is 4.42 Å². The van der Waals surface area contributed by atoms with E-state index < -0.39 is 0 Å². The normalized spacial score (nSPS) is 7.50. The fraction of sp³-hybridized carbons (Fsp3) is 0. The van der Waals surface area contributed by atoms with Crippen molar-refractivity contribution in [1.82, 2.24) is 0 Å². The maximum absolute atomic E-state index is 10.1. The van der Waals surface area contributed by atoms with Gasteiger partial charge in [0, 0.05) is 6.07 Å². The van der Waals surface area contributed by atoms with Gasteiger partial charge in [-0.25, -0.2) is 4.79 Å². The smallest absolute Gasteiger partial charge is 0.335 e. The predicted molar refractivity (Wildman–Crippen MR) is 36.1 cm³/mol. The summed E-state index contributed by atoms with van der Waals surface area (Å²) >= 11 is 0. The van der Waals surface area contributed by atoms with Crippen LogP contribution in [0.3, 0.4) is 0 Å². The molecule has 44 valence electrons. The summed E-state index contributed by atoms with van der Waals surface area (Å²) in [5.41, 5.74) is -0.303. The molecule has 3 heteroatoms. The Bertz CT molecular complexity index is 176. The minimum absolute atomic E-state index is 0. The summed E-state index contributed by atoms with van der Waals surface area (Å²) in [7, 11) is 0. The second-order valence-electron chi connectivity index (χ2n) is 1.12. The zero-order valence-corrected chi connectivity index (χ0v) is 5.75. The summed E-state index contributed by atoms with van der Waals surface area (Å²) in [4.78, 5) is 10.1. The average Bonchev–Trinajstić information content (AvgIpc) is 1.69. The molecule has 1 unspecified atom stereocenters. The highest BCUT2D eigenvalue weighted by molar-refractivity contribution is 6.92. The zero-order chi connectivity index (χ0) is 5.11. The van der Waals surface area contributed by atoms with Crippen LogP contribution in [-0.2, 0) is 0 Å². The van der Waals surface area contributed by atoms with Gasteiger partial charge in [-0.2, -0.15) is 9.90 Å². The highest BCUT2D eigenvalue weighted by Crippen LogP contribution is 1.72. The summed E-state index contributed by atoms with van der Waals surface area (Å²) in [5, 5.41) is 0. The van der Waals surface area contributed by atoms with Crippen molar-refractivity contribution in [2.45, 2.75) is 0 Å². The molecule has 1 aromatic heterocycles. The highest BCUT2D eigenvalue weighted by atomic mass is 31.0. The second-order valence-corrected chi connectivity index (χ2v) is 1.12. The van der Waals surface area contributed by atoms with Gasteiger partial charge in [0.15, 0.2) is 0 Å². The quantitative estimate of drug-likeness (QED) is 0.484. The first-order chi connectivity index (χ1) is 3.39. The third-order valence-electron chi connectivity index (χ3n) is 0.606. The molecule has 0 aliphatic rings. The molecule has 2 nitrogen and oxygen atoms in total. The summed E-state index contributed by atoms with van der Waals surface area (Å²) in [6.45, 7) is 0. The van der Waals surface area contributed by atoms with E-state index >= 15 is 0 Å². The molecule has 0 aliphatic carbocycles. The lowest BCUT2D eigenvalue weighted by Gasteiger charge is -1.72. The Morgan fingerprint density at radius 3 is 2.38 bits per heavy atom. The molecule has 0 fully saturated rings. The van der Waals surface area contributed by atoms with E-state index in [0.717, 1.165) is 0 Å². The van der Waals surface area contributed by atoms with Crippen LogP contribution in [0.1, 0.15) is 0 Å². The molecule has 0 aromatic carbocycles. The summed E-state index contributed by atoms with van der Waals surface area (Å²) < 4.78 is 4.37. The molecule has 0 saturated carbocycles. The Morgan fingerprint density at radius 2 is 2.12 bits per heavy atom. The van der Waals surface area contributed by atoms with Gasteiger partial charge in [-0.15, -0.1) is 0 Å². The van der Waals surface area contributed by atoms with Crippen LogP contribution >= 0.6 is 9.90 Å². The van der Waals surface area contributed by atoms with E-state index in [1.54, 1.807) is 12.1 Å². The molecular formula is C5H7O2P. The van der Waals surface area contributed by atoms with Gasteiger partial charge in [-0.1, -0.05) is 6.07 Å². The second kappa shape index (κ2) is 3.39. The Morgan fingerprint density at radius 1 is 1.38 bits per heavy atom. The Labute approximate surface area is 50.1 Å². The van der Waals surface area contributed by atoms with E-state index in [2.05, 4.69) is 4.42 Å². The molecular weight excluding hydrogens is 123 g/mol. The van der Waals surface area contributed by atoms with Crippen LogP contribution in [-0.4, -0.2) is 0 Å². The van der Waals surface area contributed by atoms with E-state index in [-0.39, 0.29) is 15.5 Å². The van der Waals surface area contributed by atoms with Gasteiger partial charge in [0.05, 0.1) is 6.26 Å².